The minimum Gasteiger partial charge on any atom is -0.632 e. The maximum atomic E-state index is 13.4. The van der Waals surface area contributed by atoms with Crippen molar-refractivity contribution in [3.63, 3.8) is 0 Å². The number of thioether (sulfide) groups is 1. The monoisotopic (exact) mass is 489 g/mol. The van der Waals surface area contributed by atoms with Gasteiger partial charge in [0.05, 0.1) is 44.2 Å². The summed E-state index contributed by atoms with van der Waals surface area (Å²) in [4.78, 5) is 24.4. The Hall–Kier alpha value is -2.80. The maximum absolute atomic E-state index is 13.4. The molecular weight excluding hydrogens is 458 g/mol. The number of methoxy groups -OCH3 is 1. The third-order valence-corrected chi connectivity index (χ3v) is 6.90. The molecular formula is C23H31N5O5S. The van der Waals surface area contributed by atoms with Crippen molar-refractivity contribution in [1.82, 2.24) is 5.32 Å². The first-order chi connectivity index (χ1) is 16.4. The largest absolute Gasteiger partial charge is 0.632 e. The molecule has 1 aliphatic rings. The summed E-state index contributed by atoms with van der Waals surface area (Å²) in [6.45, 7) is 3.44. The number of hydrogen-bond acceptors (Lipinski definition) is 8. The Bertz CT molecular complexity index is 918. The van der Waals surface area contributed by atoms with Gasteiger partial charge in [0.1, 0.15) is 6.61 Å². The molecule has 1 aliphatic heterocycles. The van der Waals surface area contributed by atoms with Gasteiger partial charge in [-0.3, -0.25) is 9.59 Å². The summed E-state index contributed by atoms with van der Waals surface area (Å²) >= 11 is 1.35. The van der Waals surface area contributed by atoms with Gasteiger partial charge in [-0.15, -0.1) is 6.42 Å². The van der Waals surface area contributed by atoms with Crippen molar-refractivity contribution in [3.05, 3.63) is 29.5 Å². The highest BCUT2D eigenvalue weighted by molar-refractivity contribution is 8.00. The molecule has 1 fully saturated rings. The lowest BCUT2D eigenvalue weighted by molar-refractivity contribution is -0.884. The molecule has 34 heavy (non-hydrogen) atoms. The summed E-state index contributed by atoms with van der Waals surface area (Å²) in [7, 11) is 1.56. The molecule has 4 atom stereocenters. The van der Waals surface area contributed by atoms with Gasteiger partial charge in [0.25, 0.3) is 0 Å². The van der Waals surface area contributed by atoms with Crippen LogP contribution in [0.5, 0.6) is 0 Å². The smallest absolute Gasteiger partial charge is 0.250 e. The number of rotatable bonds is 13. The molecule has 1 saturated heterocycles. The number of nitriles is 1. The van der Waals surface area contributed by atoms with E-state index in [1.54, 1.807) is 32.2 Å². The number of hydroxylamine groups is 3. The summed E-state index contributed by atoms with van der Waals surface area (Å²) in [5, 5.41) is 30.7. The predicted octanol–water partition coefficient (Wildman–Crippen LogP) is 1.37. The number of amides is 2. The van der Waals surface area contributed by atoms with Crippen molar-refractivity contribution >= 4 is 35.0 Å². The third kappa shape index (κ3) is 7.90. The number of carbonyl (C=O) groups is 2. The van der Waals surface area contributed by atoms with E-state index >= 15 is 0 Å². The quantitative estimate of drug-likeness (QED) is 0.164. The molecule has 2 amide bonds. The topological polar surface area (TPSA) is 136 Å². The van der Waals surface area contributed by atoms with E-state index in [0.717, 1.165) is 5.69 Å². The molecule has 0 spiro atoms. The lowest BCUT2D eigenvalue weighted by Crippen LogP contribution is -2.52. The summed E-state index contributed by atoms with van der Waals surface area (Å²) in [5.74, 6) is 0.416. The van der Waals surface area contributed by atoms with Gasteiger partial charge in [-0.05, 0) is 25.1 Å². The van der Waals surface area contributed by atoms with Gasteiger partial charge in [-0.2, -0.15) is 5.26 Å². The zero-order valence-electron chi connectivity index (χ0n) is 19.4. The Morgan fingerprint density at radius 3 is 2.82 bits per heavy atom. The van der Waals surface area contributed by atoms with Crippen molar-refractivity contribution in [2.75, 3.05) is 63.7 Å². The van der Waals surface area contributed by atoms with Crippen LogP contribution < -0.4 is 16.0 Å². The predicted molar refractivity (Wildman–Crippen MR) is 131 cm³/mol. The average Bonchev–Trinajstić information content (AvgIpc) is 3.16. The Labute approximate surface area is 204 Å². The highest BCUT2D eigenvalue weighted by atomic mass is 32.2. The Balaban J connectivity index is 1.95. The Morgan fingerprint density at radius 1 is 1.38 bits per heavy atom. The number of nitrogens with one attached hydrogen (secondary N) is 3. The number of carbonyl (C=O) groups excluding carboxylic acids is 2. The minimum absolute atomic E-state index is 0.0104. The molecule has 1 aromatic rings. The van der Waals surface area contributed by atoms with E-state index in [1.165, 1.54) is 11.8 Å². The Morgan fingerprint density at radius 2 is 2.15 bits per heavy atom. The number of benzene rings is 1. The number of ether oxygens (including phenoxy) is 2. The van der Waals surface area contributed by atoms with Crippen LogP contribution in [-0.2, 0) is 19.1 Å². The van der Waals surface area contributed by atoms with Gasteiger partial charge in [0.15, 0.2) is 11.3 Å². The van der Waals surface area contributed by atoms with Crippen molar-refractivity contribution in [2.45, 2.75) is 17.5 Å². The molecule has 2 rings (SSSR count). The highest BCUT2D eigenvalue weighted by Crippen LogP contribution is 2.40. The highest BCUT2D eigenvalue weighted by Gasteiger charge is 2.48. The zero-order chi connectivity index (χ0) is 25.0. The van der Waals surface area contributed by atoms with E-state index in [1.807, 2.05) is 12.1 Å². The summed E-state index contributed by atoms with van der Waals surface area (Å²) in [6, 6.07) is 9.20. The molecule has 2 unspecified atom stereocenters. The fourth-order valence-corrected chi connectivity index (χ4v) is 5.23. The van der Waals surface area contributed by atoms with E-state index in [2.05, 4.69) is 21.9 Å². The van der Waals surface area contributed by atoms with Gasteiger partial charge >= 0.3 is 0 Å². The van der Waals surface area contributed by atoms with Gasteiger partial charge in [0.2, 0.25) is 11.8 Å². The fraction of sp³-hybridized carbons (Fsp3) is 0.522. The maximum Gasteiger partial charge on any atom is 0.250 e. The van der Waals surface area contributed by atoms with Crippen molar-refractivity contribution in [1.29, 1.82) is 5.26 Å². The van der Waals surface area contributed by atoms with Crippen LogP contribution in [0.3, 0.4) is 0 Å². The van der Waals surface area contributed by atoms with Gasteiger partial charge in [-0.1, -0.05) is 23.7 Å². The van der Waals surface area contributed by atoms with Gasteiger partial charge in [0, 0.05) is 25.0 Å². The number of anilines is 2. The summed E-state index contributed by atoms with van der Waals surface area (Å²) in [6.07, 6.45) is 5.18. The van der Waals surface area contributed by atoms with E-state index < -0.39 is 21.8 Å². The van der Waals surface area contributed by atoms with Crippen LogP contribution in [0, 0.1) is 34.8 Å². The van der Waals surface area contributed by atoms with Crippen LogP contribution in [-0.4, -0.2) is 80.2 Å². The average molecular weight is 490 g/mol. The van der Waals surface area contributed by atoms with Crippen LogP contribution in [0.2, 0.25) is 0 Å². The van der Waals surface area contributed by atoms with E-state index in [9.17, 15) is 20.1 Å². The molecule has 0 aliphatic carbocycles. The second-order valence-corrected chi connectivity index (χ2v) is 9.11. The molecule has 0 saturated carbocycles. The second-order valence-electron chi connectivity index (χ2n) is 7.68. The first-order valence-corrected chi connectivity index (χ1v) is 11.9. The first kappa shape index (κ1) is 27.4. The molecule has 10 nitrogen and oxygen atoms in total. The number of nitrogens with zero attached hydrogens (tertiary/aromatic N) is 2. The molecule has 184 valence electrons. The number of terminal acetylenes is 1. The second kappa shape index (κ2) is 13.8. The molecule has 1 aromatic carbocycles. The molecule has 3 N–H and O–H groups in total. The van der Waals surface area contributed by atoms with E-state index in [4.69, 9.17) is 15.9 Å². The molecule has 0 radical (unpaired) electrons. The molecule has 1 heterocycles. The van der Waals surface area contributed by atoms with Crippen molar-refractivity contribution in [2.24, 2.45) is 5.92 Å². The third-order valence-electron chi connectivity index (χ3n) is 5.26. The van der Waals surface area contributed by atoms with Crippen LogP contribution in [0.25, 0.3) is 0 Å². The van der Waals surface area contributed by atoms with Gasteiger partial charge in [-0.25, -0.2) is 0 Å². The first-order valence-electron chi connectivity index (χ1n) is 10.9. The molecule has 11 heteroatoms. The van der Waals surface area contributed by atoms with Crippen LogP contribution in [0.4, 0.5) is 11.4 Å². The minimum atomic E-state index is -1.09. The van der Waals surface area contributed by atoms with E-state index in [-0.39, 0.29) is 37.4 Å². The summed E-state index contributed by atoms with van der Waals surface area (Å²) in [5.41, 5.74) is 1.38. The fourth-order valence-electron chi connectivity index (χ4n) is 3.51. The SMILES string of the molecule is C#CCNC(=O)[C@@H](C#N)C1S[C@H](CNc2cccc(NC(=O)COCCOC)c2)C[N+]1([O-])CC. The van der Waals surface area contributed by atoms with Crippen molar-refractivity contribution < 1.29 is 23.7 Å². The van der Waals surface area contributed by atoms with Crippen molar-refractivity contribution in [3.8, 4) is 18.4 Å². The Kier molecular flexibility index (Phi) is 11.1. The van der Waals surface area contributed by atoms with Crippen LogP contribution in [0.1, 0.15) is 6.92 Å². The normalized spacial score (nSPS) is 22.3. The molecule has 0 bridgehead atoms. The zero-order valence-corrected chi connectivity index (χ0v) is 20.2. The summed E-state index contributed by atoms with van der Waals surface area (Å²) < 4.78 is 9.46. The molecule has 0 aromatic heterocycles. The lowest BCUT2D eigenvalue weighted by Gasteiger charge is -2.43. The van der Waals surface area contributed by atoms with Crippen LogP contribution >= 0.6 is 11.8 Å². The van der Waals surface area contributed by atoms with Crippen LogP contribution in [0.15, 0.2) is 24.3 Å². The standard InChI is InChI=1S/C23H31N5O5S/c1-4-9-25-22(30)20(13-24)23-28(31,5-2)15-19(34-23)14-26-17-7-6-8-18(12-17)27-21(29)16-33-11-10-32-3/h1,6-8,12,19-20,23,26H,5,9-11,14-16H2,2-3H3,(H,25,30)(H,27,29)/t19-,20-,23?,28?/m1/s1. The van der Waals surface area contributed by atoms with Gasteiger partial charge < -0.3 is 35.3 Å². The number of hydrogen-bond donors (Lipinski definition) is 3. The lowest BCUT2D eigenvalue weighted by atomic mass is 10.1. The van der Waals surface area contributed by atoms with E-state index in [0.29, 0.717) is 25.4 Å². The number of quaternary nitrogens is 1.